The molecule has 36 heavy (non-hydrogen) atoms. The lowest BCUT2D eigenvalue weighted by Gasteiger charge is -2.48. The Morgan fingerprint density at radius 2 is 1.86 bits per heavy atom. The monoisotopic (exact) mass is 506 g/mol. The number of carbonyl (C=O) groups is 1. The number of halogens is 3. The van der Waals surface area contributed by atoms with Crippen LogP contribution in [0.2, 0.25) is 0 Å². The van der Waals surface area contributed by atoms with Crippen molar-refractivity contribution in [2.24, 2.45) is 0 Å². The van der Waals surface area contributed by atoms with Gasteiger partial charge in [-0.1, -0.05) is 6.07 Å². The molecule has 1 amide bonds. The van der Waals surface area contributed by atoms with Crippen molar-refractivity contribution in [3.05, 3.63) is 52.6 Å². The van der Waals surface area contributed by atoms with E-state index >= 15 is 0 Å². The van der Waals surface area contributed by atoms with Gasteiger partial charge in [0.25, 0.3) is 5.91 Å². The summed E-state index contributed by atoms with van der Waals surface area (Å²) >= 11 is 0. The van der Waals surface area contributed by atoms with Gasteiger partial charge >= 0.3 is 6.18 Å². The molecule has 3 heterocycles. The summed E-state index contributed by atoms with van der Waals surface area (Å²) in [5, 5.41) is 8.95. The Bertz CT molecular complexity index is 1060. The summed E-state index contributed by atoms with van der Waals surface area (Å²) in [5.41, 5.74) is 3.68. The van der Waals surface area contributed by atoms with Crippen molar-refractivity contribution in [2.75, 3.05) is 32.8 Å². The van der Waals surface area contributed by atoms with Crippen molar-refractivity contribution in [3.63, 3.8) is 0 Å². The standard InChI is InChI=1S/C26H33F3N4O3/c1-17-18(2)23(36-13-4-3-12-34)9-8-21(17)22-7-5-6-20-16-32(10-11-33(20)22)24(35)19-14-30-25(31-15-19)26(27,28)29/h8-9,14-15,20,22,34H,3-7,10-13,16H2,1-2H3/t20-,22+/m0/s1. The number of rotatable bonds is 7. The molecule has 2 aliphatic rings. The van der Waals surface area contributed by atoms with E-state index in [9.17, 15) is 18.0 Å². The maximum absolute atomic E-state index is 13.0. The molecule has 2 atom stereocenters. The number of aliphatic hydroxyl groups is 1. The number of aromatic nitrogens is 2. The second-order valence-electron chi connectivity index (χ2n) is 9.56. The fourth-order valence-electron chi connectivity index (χ4n) is 5.27. The number of unbranched alkanes of at least 4 members (excludes halogenated alkanes) is 1. The highest BCUT2D eigenvalue weighted by molar-refractivity contribution is 5.93. The van der Waals surface area contributed by atoms with Crippen LogP contribution in [0.3, 0.4) is 0 Å². The first-order valence-corrected chi connectivity index (χ1v) is 12.5. The highest BCUT2D eigenvalue weighted by Crippen LogP contribution is 2.39. The SMILES string of the molecule is Cc1c(OCCCCO)ccc([C@H]2CCC[C@H]3CN(C(=O)c4cnc(C(F)(F)F)nc4)CCN32)c1C. The van der Waals surface area contributed by atoms with Gasteiger partial charge in [-0.15, -0.1) is 0 Å². The van der Waals surface area contributed by atoms with Gasteiger partial charge < -0.3 is 14.7 Å². The van der Waals surface area contributed by atoms with Crippen LogP contribution in [0.15, 0.2) is 24.5 Å². The molecule has 0 unspecified atom stereocenters. The first-order valence-electron chi connectivity index (χ1n) is 12.5. The van der Waals surface area contributed by atoms with E-state index < -0.39 is 12.0 Å². The average molecular weight is 507 g/mol. The molecule has 4 rings (SSSR count). The molecule has 2 aromatic rings. The van der Waals surface area contributed by atoms with Crippen molar-refractivity contribution in [1.29, 1.82) is 0 Å². The predicted octanol–water partition coefficient (Wildman–Crippen LogP) is 4.32. The topological polar surface area (TPSA) is 78.8 Å². The van der Waals surface area contributed by atoms with Crippen molar-refractivity contribution in [3.8, 4) is 5.75 Å². The van der Waals surface area contributed by atoms with Gasteiger partial charge in [0.05, 0.1) is 12.2 Å². The van der Waals surface area contributed by atoms with Crippen LogP contribution in [0.5, 0.6) is 5.75 Å². The van der Waals surface area contributed by atoms with Gasteiger partial charge in [-0.25, -0.2) is 9.97 Å². The summed E-state index contributed by atoms with van der Waals surface area (Å²) in [6.45, 7) is 6.66. The number of ether oxygens (including phenoxy) is 1. The third-order valence-electron chi connectivity index (χ3n) is 7.33. The normalized spacial score (nSPS) is 20.8. The average Bonchev–Trinajstić information content (AvgIpc) is 2.87. The molecule has 7 nitrogen and oxygen atoms in total. The number of hydrogen-bond acceptors (Lipinski definition) is 6. The third-order valence-corrected chi connectivity index (χ3v) is 7.33. The Morgan fingerprint density at radius 3 is 2.56 bits per heavy atom. The van der Waals surface area contributed by atoms with Crippen LogP contribution >= 0.6 is 0 Å². The first kappa shape index (κ1) is 26.3. The number of aliphatic hydroxyl groups excluding tert-OH is 1. The van der Waals surface area contributed by atoms with Gasteiger partial charge in [-0.05, 0) is 68.7 Å². The van der Waals surface area contributed by atoms with Crippen LogP contribution in [-0.2, 0) is 6.18 Å². The van der Waals surface area contributed by atoms with E-state index in [0.717, 1.165) is 55.8 Å². The molecule has 0 bridgehead atoms. The lowest BCUT2D eigenvalue weighted by Crippen LogP contribution is -2.57. The van der Waals surface area contributed by atoms with Gasteiger partial charge in [-0.2, -0.15) is 13.2 Å². The Hall–Kier alpha value is -2.72. The number of alkyl halides is 3. The largest absolute Gasteiger partial charge is 0.493 e. The highest BCUT2D eigenvalue weighted by atomic mass is 19.4. The summed E-state index contributed by atoms with van der Waals surface area (Å²) in [5.74, 6) is -0.706. The lowest BCUT2D eigenvalue weighted by molar-refractivity contribution is -0.145. The zero-order chi connectivity index (χ0) is 25.9. The van der Waals surface area contributed by atoms with Gasteiger partial charge in [0, 0.05) is 50.7 Å². The summed E-state index contributed by atoms with van der Waals surface area (Å²) in [7, 11) is 0. The Morgan fingerprint density at radius 1 is 1.11 bits per heavy atom. The minimum atomic E-state index is -4.63. The number of benzene rings is 1. The van der Waals surface area contributed by atoms with E-state index in [0.29, 0.717) is 26.2 Å². The van der Waals surface area contributed by atoms with Crippen molar-refractivity contribution in [1.82, 2.24) is 19.8 Å². The molecular formula is C26H33F3N4O3. The Labute approximate surface area is 209 Å². The van der Waals surface area contributed by atoms with Crippen LogP contribution in [-0.4, -0.2) is 69.7 Å². The number of carbonyl (C=O) groups excluding carboxylic acids is 1. The van der Waals surface area contributed by atoms with Crippen LogP contribution in [0, 0.1) is 13.8 Å². The molecular weight excluding hydrogens is 473 g/mol. The second-order valence-corrected chi connectivity index (χ2v) is 9.56. The van der Waals surface area contributed by atoms with Gasteiger partial charge in [0.15, 0.2) is 0 Å². The van der Waals surface area contributed by atoms with Gasteiger partial charge in [-0.3, -0.25) is 9.69 Å². The zero-order valence-electron chi connectivity index (χ0n) is 20.7. The summed E-state index contributed by atoms with van der Waals surface area (Å²) in [4.78, 5) is 23.8. The molecule has 1 aromatic heterocycles. The van der Waals surface area contributed by atoms with Gasteiger partial charge in [0.1, 0.15) is 5.75 Å². The third kappa shape index (κ3) is 5.64. The zero-order valence-corrected chi connectivity index (χ0v) is 20.7. The first-order chi connectivity index (χ1) is 17.2. The molecule has 0 radical (unpaired) electrons. The maximum atomic E-state index is 13.0. The molecule has 196 valence electrons. The number of hydrogen-bond donors (Lipinski definition) is 1. The minimum Gasteiger partial charge on any atom is -0.493 e. The van der Waals surface area contributed by atoms with Crippen molar-refractivity contribution >= 4 is 5.91 Å². The molecule has 0 aliphatic carbocycles. The number of piperazine rings is 1. The summed E-state index contributed by atoms with van der Waals surface area (Å²) < 4.78 is 44.2. The van der Waals surface area contributed by atoms with E-state index in [-0.39, 0.29) is 30.2 Å². The smallest absolute Gasteiger partial charge is 0.451 e. The Kier molecular flexibility index (Phi) is 8.14. The molecule has 2 aliphatic heterocycles. The predicted molar refractivity (Wildman–Crippen MR) is 128 cm³/mol. The molecule has 0 saturated carbocycles. The molecule has 10 heteroatoms. The summed E-state index contributed by atoms with van der Waals surface area (Å²) in [6, 6.07) is 4.61. The van der Waals surface area contributed by atoms with Crippen LogP contribution in [0.4, 0.5) is 13.2 Å². The lowest BCUT2D eigenvalue weighted by atomic mass is 9.86. The summed E-state index contributed by atoms with van der Waals surface area (Å²) in [6.07, 6.45) is 1.87. The van der Waals surface area contributed by atoms with Crippen molar-refractivity contribution in [2.45, 2.75) is 64.2 Å². The minimum absolute atomic E-state index is 0.0739. The van der Waals surface area contributed by atoms with Crippen LogP contribution < -0.4 is 4.74 Å². The molecule has 2 fully saturated rings. The van der Waals surface area contributed by atoms with Crippen LogP contribution in [0.25, 0.3) is 0 Å². The van der Waals surface area contributed by atoms with Crippen molar-refractivity contribution < 1.29 is 27.8 Å². The van der Waals surface area contributed by atoms with E-state index in [1.807, 2.05) is 6.07 Å². The van der Waals surface area contributed by atoms with Crippen LogP contribution in [0.1, 0.15) is 71.0 Å². The van der Waals surface area contributed by atoms with E-state index in [4.69, 9.17) is 9.84 Å². The number of nitrogens with zero attached hydrogens (tertiary/aromatic N) is 4. The Balaban J connectivity index is 1.44. The number of fused-ring (bicyclic) bond motifs is 1. The fraction of sp³-hybridized carbons (Fsp3) is 0.577. The number of amides is 1. The maximum Gasteiger partial charge on any atom is 0.451 e. The van der Waals surface area contributed by atoms with E-state index in [1.54, 1.807) is 4.90 Å². The molecule has 2 saturated heterocycles. The van der Waals surface area contributed by atoms with E-state index in [2.05, 4.69) is 34.8 Å². The molecule has 1 N–H and O–H groups in total. The van der Waals surface area contributed by atoms with E-state index in [1.165, 1.54) is 11.1 Å². The van der Waals surface area contributed by atoms with Gasteiger partial charge in [0.2, 0.25) is 5.82 Å². The quantitative estimate of drug-likeness (QED) is 0.564. The molecule has 1 aromatic carbocycles. The fourth-order valence-corrected chi connectivity index (χ4v) is 5.27. The second kappa shape index (κ2) is 11.1. The highest BCUT2D eigenvalue weighted by Gasteiger charge is 2.38. The number of piperidine rings is 1. The molecule has 0 spiro atoms.